The molecule has 0 radical (unpaired) electrons. The Bertz CT molecular complexity index is 828. The molecule has 0 aromatic rings. The summed E-state index contributed by atoms with van der Waals surface area (Å²) in [7, 11) is -1.71. The van der Waals surface area contributed by atoms with Gasteiger partial charge in [0.05, 0.1) is 6.10 Å². The van der Waals surface area contributed by atoms with Gasteiger partial charge in [-0.15, -0.1) is 0 Å². The number of fused-ring (bicyclic) bond motifs is 5. The maximum Gasteiger partial charge on any atom is 0.302 e. The lowest BCUT2D eigenvalue weighted by Crippen LogP contribution is -2.56. The first kappa shape index (κ1) is 28.4. The van der Waals surface area contributed by atoms with E-state index in [9.17, 15) is 4.79 Å². The Kier molecular flexibility index (Phi) is 8.29. The van der Waals surface area contributed by atoms with E-state index in [1.165, 1.54) is 50.5 Å². The van der Waals surface area contributed by atoms with E-state index in [0.717, 1.165) is 42.9 Å². The first-order valence-corrected chi connectivity index (χ1v) is 18.7. The predicted octanol–water partition coefficient (Wildman–Crippen LogP) is 8.79. The predicted molar refractivity (Wildman–Crippen MR) is 152 cm³/mol. The van der Waals surface area contributed by atoms with Crippen LogP contribution >= 0.6 is 0 Å². The van der Waals surface area contributed by atoms with Gasteiger partial charge >= 0.3 is 5.97 Å². The minimum atomic E-state index is -1.71. The monoisotopic (exact) mass is 516 g/mol. The molecule has 0 bridgehead atoms. The van der Waals surface area contributed by atoms with E-state index < -0.39 is 8.32 Å². The molecule has 4 aliphatic rings. The number of hydrogen-bond acceptors (Lipinski definition) is 3. The van der Waals surface area contributed by atoms with E-state index in [2.05, 4.69) is 60.3 Å². The van der Waals surface area contributed by atoms with E-state index in [1.54, 1.807) is 6.92 Å². The van der Waals surface area contributed by atoms with Crippen LogP contribution in [0, 0.1) is 46.3 Å². The maximum absolute atomic E-state index is 11.7. The van der Waals surface area contributed by atoms with Crippen molar-refractivity contribution in [1.29, 1.82) is 0 Å². The number of carbonyl (C=O) groups excluding carboxylic acids is 1. The number of esters is 1. The van der Waals surface area contributed by atoms with Crippen LogP contribution in [0.2, 0.25) is 19.6 Å². The minimum Gasteiger partial charge on any atom is -0.462 e. The lowest BCUT2D eigenvalue weighted by molar-refractivity contribution is -0.149. The molecule has 1 unspecified atom stereocenters. The molecule has 3 saturated carbocycles. The Morgan fingerprint density at radius 1 is 1.03 bits per heavy atom. The Labute approximate surface area is 223 Å². The van der Waals surface area contributed by atoms with Gasteiger partial charge in [-0.1, -0.05) is 65.5 Å². The average molecular weight is 517 g/mol. The van der Waals surface area contributed by atoms with Gasteiger partial charge in [0.2, 0.25) is 0 Å². The summed E-state index contributed by atoms with van der Waals surface area (Å²) in [6.07, 6.45) is 15.6. The second kappa shape index (κ2) is 10.5. The van der Waals surface area contributed by atoms with Crippen LogP contribution in [0.3, 0.4) is 0 Å². The average Bonchev–Trinajstić information content (AvgIpc) is 3.10. The summed E-state index contributed by atoms with van der Waals surface area (Å²) in [6, 6.07) is 0. The molecule has 4 heteroatoms. The molecule has 9 atom stereocenters. The summed E-state index contributed by atoms with van der Waals surface area (Å²) < 4.78 is 12.8. The van der Waals surface area contributed by atoms with Crippen LogP contribution in [-0.2, 0) is 14.0 Å². The Morgan fingerprint density at radius 3 is 2.39 bits per heavy atom. The molecular formula is C32H56O3Si. The van der Waals surface area contributed by atoms with E-state index >= 15 is 0 Å². The van der Waals surface area contributed by atoms with E-state index in [1.807, 2.05) is 0 Å². The minimum absolute atomic E-state index is 0.0438. The summed E-state index contributed by atoms with van der Waals surface area (Å²) in [5.41, 5.74) is 2.23. The lowest BCUT2D eigenvalue weighted by Gasteiger charge is -2.60. The number of carbonyl (C=O) groups is 1. The third-order valence-electron chi connectivity index (χ3n) is 11.1. The molecule has 206 valence electrons. The van der Waals surface area contributed by atoms with E-state index in [4.69, 9.17) is 9.16 Å². The van der Waals surface area contributed by atoms with Crippen LogP contribution in [-0.4, -0.2) is 26.5 Å². The zero-order chi connectivity index (χ0) is 26.5. The second-order valence-corrected chi connectivity index (χ2v) is 19.6. The van der Waals surface area contributed by atoms with Crippen molar-refractivity contribution in [2.24, 2.45) is 46.3 Å². The van der Waals surface area contributed by atoms with Crippen LogP contribution in [0.4, 0.5) is 0 Å². The van der Waals surface area contributed by atoms with Crippen LogP contribution in [0.25, 0.3) is 0 Å². The zero-order valence-corrected chi connectivity index (χ0v) is 26.0. The second-order valence-electron chi connectivity index (χ2n) is 15.1. The quantitative estimate of drug-likeness (QED) is 0.184. The summed E-state index contributed by atoms with van der Waals surface area (Å²) >= 11 is 0. The van der Waals surface area contributed by atoms with E-state index in [-0.39, 0.29) is 23.6 Å². The zero-order valence-electron chi connectivity index (χ0n) is 25.0. The molecule has 0 saturated heterocycles. The first-order chi connectivity index (χ1) is 16.7. The van der Waals surface area contributed by atoms with Crippen LogP contribution in [0.5, 0.6) is 0 Å². The molecular weight excluding hydrogens is 460 g/mol. The van der Waals surface area contributed by atoms with Crippen molar-refractivity contribution in [2.45, 2.75) is 138 Å². The van der Waals surface area contributed by atoms with Gasteiger partial charge in [0.25, 0.3) is 0 Å². The normalized spacial score (nSPS) is 41.2. The van der Waals surface area contributed by atoms with Crippen molar-refractivity contribution >= 4 is 14.3 Å². The largest absolute Gasteiger partial charge is 0.462 e. The maximum atomic E-state index is 11.7. The third-order valence-corrected chi connectivity index (χ3v) is 12.1. The molecule has 3 nitrogen and oxygen atoms in total. The molecule has 0 spiro atoms. The molecule has 4 rings (SSSR count). The van der Waals surface area contributed by atoms with Gasteiger partial charge in [-0.05, 0) is 105 Å². The highest BCUT2D eigenvalue weighted by Crippen LogP contribution is 2.67. The fourth-order valence-electron chi connectivity index (χ4n) is 9.47. The summed E-state index contributed by atoms with van der Waals surface area (Å²) in [6.45, 7) is 21.1. The molecule has 0 amide bonds. The molecule has 3 fully saturated rings. The Balaban J connectivity index is 1.62. The number of hydrogen-bond donors (Lipinski definition) is 0. The van der Waals surface area contributed by atoms with Crippen molar-refractivity contribution in [3.8, 4) is 0 Å². The standard InChI is InChI=1S/C32H56O3Si/c1-21(2)11-10-12-22(3)26-13-14-27-30-28(16-18-32(26,27)6)31(5)17-15-25(34-23(4)33)19-24(31)20-29(30)35-36(7,8)9/h20-22,25-30H,10-19H2,1-9H3/t22-,25+,26-,27+,28+,29?,30+,31+,32-/m1/s1. The van der Waals surface area contributed by atoms with Crippen molar-refractivity contribution < 1.29 is 14.0 Å². The third kappa shape index (κ3) is 5.56. The topological polar surface area (TPSA) is 35.5 Å². The number of rotatable bonds is 8. The molecule has 4 aliphatic carbocycles. The summed E-state index contributed by atoms with van der Waals surface area (Å²) in [5.74, 6) is 4.49. The fraction of sp³-hybridized carbons (Fsp3) is 0.906. The molecule has 0 aromatic carbocycles. The van der Waals surface area contributed by atoms with Gasteiger partial charge < -0.3 is 9.16 Å². The highest BCUT2D eigenvalue weighted by molar-refractivity contribution is 6.69. The Morgan fingerprint density at radius 2 is 1.75 bits per heavy atom. The highest BCUT2D eigenvalue weighted by atomic mass is 28.4. The molecule has 0 aliphatic heterocycles. The van der Waals surface area contributed by atoms with Crippen molar-refractivity contribution in [1.82, 2.24) is 0 Å². The smallest absolute Gasteiger partial charge is 0.302 e. The summed E-state index contributed by atoms with van der Waals surface area (Å²) in [5, 5.41) is 0. The number of ether oxygens (including phenoxy) is 1. The van der Waals surface area contributed by atoms with Gasteiger partial charge in [-0.25, -0.2) is 0 Å². The van der Waals surface area contributed by atoms with Gasteiger partial charge in [0.15, 0.2) is 8.32 Å². The SMILES string of the molecule is CC(=O)O[C@H]1CC[C@@]2(C)C(=CC(O[Si](C)(C)C)[C@H]3[C@@H]4CC[C@H]([C@H](C)CCCC(C)C)[C@@]4(C)CC[C@@H]32)C1. The Hall–Kier alpha value is -0.613. The molecule has 0 N–H and O–H groups in total. The van der Waals surface area contributed by atoms with Crippen molar-refractivity contribution in [2.75, 3.05) is 0 Å². The molecule has 0 aromatic heterocycles. The van der Waals surface area contributed by atoms with Crippen LogP contribution in [0.15, 0.2) is 11.6 Å². The fourth-order valence-corrected chi connectivity index (χ4v) is 10.5. The molecule has 36 heavy (non-hydrogen) atoms. The van der Waals surface area contributed by atoms with Gasteiger partial charge in [0.1, 0.15) is 6.10 Å². The molecule has 0 heterocycles. The van der Waals surface area contributed by atoms with Crippen molar-refractivity contribution in [3.63, 3.8) is 0 Å². The van der Waals surface area contributed by atoms with Crippen LogP contribution in [0.1, 0.15) is 106 Å². The van der Waals surface area contributed by atoms with Gasteiger partial charge in [0, 0.05) is 13.3 Å². The van der Waals surface area contributed by atoms with Crippen LogP contribution < -0.4 is 0 Å². The van der Waals surface area contributed by atoms with E-state index in [0.29, 0.717) is 17.3 Å². The lowest BCUT2D eigenvalue weighted by atomic mass is 9.46. The first-order valence-electron chi connectivity index (χ1n) is 15.3. The summed E-state index contributed by atoms with van der Waals surface area (Å²) in [4.78, 5) is 11.7. The highest BCUT2D eigenvalue weighted by Gasteiger charge is 2.61. The van der Waals surface area contributed by atoms with Gasteiger partial charge in [-0.3, -0.25) is 4.79 Å². The van der Waals surface area contributed by atoms with Gasteiger partial charge in [-0.2, -0.15) is 0 Å². The van der Waals surface area contributed by atoms with Crippen molar-refractivity contribution in [3.05, 3.63) is 11.6 Å².